The lowest BCUT2D eigenvalue weighted by molar-refractivity contribution is -0.121. The van der Waals surface area contributed by atoms with Crippen molar-refractivity contribution in [2.75, 3.05) is 7.11 Å². The van der Waals surface area contributed by atoms with Crippen LogP contribution in [0.5, 0.6) is 5.75 Å². The second-order valence-electron chi connectivity index (χ2n) is 10.3. The molecule has 3 rings (SSSR count). The molecule has 0 radical (unpaired) electrons. The van der Waals surface area contributed by atoms with Gasteiger partial charge in [0.25, 0.3) is 0 Å². The molecular weight excluding hydrogens is 386 g/mol. The molecule has 1 heterocycles. The number of rotatable bonds is 8. The molecule has 1 saturated carbocycles. The second-order valence-corrected chi connectivity index (χ2v) is 10.3. The molecule has 1 aromatic rings. The highest BCUT2D eigenvalue weighted by Gasteiger charge is 2.39. The lowest BCUT2D eigenvalue weighted by atomic mass is 9.74. The highest BCUT2D eigenvalue weighted by molar-refractivity contribution is 5.89. The van der Waals surface area contributed by atoms with E-state index < -0.39 is 0 Å². The third-order valence-electron chi connectivity index (χ3n) is 7.01. The van der Waals surface area contributed by atoms with Crippen LogP contribution < -0.4 is 10.1 Å². The zero-order valence-electron chi connectivity index (χ0n) is 20.3. The first kappa shape index (κ1) is 23.6. The maximum atomic E-state index is 11.7. The highest BCUT2D eigenvalue weighted by Crippen LogP contribution is 2.41. The van der Waals surface area contributed by atoms with E-state index >= 15 is 0 Å². The number of hydrogen-bond acceptors (Lipinski definition) is 4. The predicted molar refractivity (Wildman–Crippen MR) is 127 cm³/mol. The molecule has 1 aliphatic carbocycles. The first-order valence-electron chi connectivity index (χ1n) is 12.0. The Bertz CT molecular complexity index is 773. The largest absolute Gasteiger partial charge is 0.497 e. The Morgan fingerprint density at radius 1 is 1.26 bits per heavy atom. The smallest absolute Gasteiger partial charge is 0.217 e. The van der Waals surface area contributed by atoms with Crippen LogP contribution in [0.1, 0.15) is 91.2 Å². The summed E-state index contributed by atoms with van der Waals surface area (Å²) in [4.78, 5) is 11.7. The van der Waals surface area contributed by atoms with E-state index in [0.717, 1.165) is 44.3 Å². The Balaban J connectivity index is 1.81. The Morgan fingerprint density at radius 3 is 2.58 bits per heavy atom. The number of nitrogens with zero attached hydrogens (tertiary/aromatic N) is 2. The van der Waals surface area contributed by atoms with Gasteiger partial charge >= 0.3 is 0 Å². The molecule has 0 aromatic heterocycles. The number of hydrogen-bond donors (Lipinski definition) is 1. The van der Waals surface area contributed by atoms with E-state index in [9.17, 15) is 4.79 Å². The molecule has 0 bridgehead atoms. The number of carbonyl (C=O) groups excluding carboxylic acids is 1. The Hall–Kier alpha value is -2.04. The van der Waals surface area contributed by atoms with E-state index in [0.29, 0.717) is 17.9 Å². The monoisotopic (exact) mass is 427 g/mol. The number of hydrazone groups is 1. The number of benzene rings is 1. The normalized spacial score (nSPS) is 27.2. The zero-order valence-corrected chi connectivity index (χ0v) is 20.3. The van der Waals surface area contributed by atoms with Crippen LogP contribution >= 0.6 is 0 Å². The summed E-state index contributed by atoms with van der Waals surface area (Å²) in [5.74, 6) is 2.09. The standard InChI is InChI=1S/C26H41N3O2/c1-18(2)9-10-19(3)29-25(21-11-13-23(31-6)14-12-21)16-24(28-29)22-8-7-15-26(5,17-22)27-20(4)30/h11-14,18-19,22,25H,7-10,15-17H2,1-6H3,(H,27,30)/t19?,22?,25?,26-/m1/s1. The van der Waals surface area contributed by atoms with Gasteiger partial charge < -0.3 is 10.1 Å². The summed E-state index contributed by atoms with van der Waals surface area (Å²) >= 11 is 0. The van der Waals surface area contributed by atoms with Gasteiger partial charge in [-0.1, -0.05) is 32.4 Å². The van der Waals surface area contributed by atoms with Crippen LogP contribution in [0.15, 0.2) is 29.4 Å². The maximum absolute atomic E-state index is 11.7. The first-order chi connectivity index (χ1) is 14.7. The van der Waals surface area contributed by atoms with Crippen LogP contribution in [0.3, 0.4) is 0 Å². The van der Waals surface area contributed by atoms with Crippen LogP contribution in [0.2, 0.25) is 0 Å². The van der Waals surface area contributed by atoms with Gasteiger partial charge in [-0.25, -0.2) is 0 Å². The van der Waals surface area contributed by atoms with Crippen molar-refractivity contribution in [3.05, 3.63) is 29.8 Å². The quantitative estimate of drug-likeness (QED) is 0.578. The van der Waals surface area contributed by atoms with E-state index in [1.807, 2.05) is 0 Å². The molecule has 172 valence electrons. The zero-order chi connectivity index (χ0) is 22.6. The Kier molecular flexibility index (Phi) is 7.66. The van der Waals surface area contributed by atoms with Gasteiger partial charge in [0.05, 0.1) is 13.2 Å². The minimum atomic E-state index is -0.121. The van der Waals surface area contributed by atoms with E-state index in [-0.39, 0.29) is 17.5 Å². The van der Waals surface area contributed by atoms with E-state index in [4.69, 9.17) is 9.84 Å². The molecule has 31 heavy (non-hydrogen) atoms. The molecule has 0 saturated heterocycles. The van der Waals surface area contributed by atoms with Crippen molar-refractivity contribution in [2.45, 2.75) is 97.2 Å². The van der Waals surface area contributed by atoms with Gasteiger partial charge in [0.2, 0.25) is 5.91 Å². The Morgan fingerprint density at radius 2 is 1.97 bits per heavy atom. The summed E-state index contributed by atoms with van der Waals surface area (Å²) in [6.07, 6.45) is 7.66. The molecule has 1 aliphatic heterocycles. The fourth-order valence-electron chi connectivity index (χ4n) is 5.32. The van der Waals surface area contributed by atoms with Gasteiger partial charge in [0.15, 0.2) is 0 Å². The predicted octanol–water partition coefficient (Wildman–Crippen LogP) is 5.71. The lowest BCUT2D eigenvalue weighted by Gasteiger charge is -2.38. The van der Waals surface area contributed by atoms with Crippen LogP contribution in [-0.2, 0) is 4.79 Å². The summed E-state index contributed by atoms with van der Waals surface area (Å²) in [6, 6.07) is 9.16. The van der Waals surface area contributed by atoms with Crippen LogP contribution in [0.25, 0.3) is 0 Å². The van der Waals surface area contributed by atoms with Crippen molar-refractivity contribution in [1.29, 1.82) is 0 Å². The minimum absolute atomic E-state index is 0.0663. The molecule has 5 nitrogen and oxygen atoms in total. The maximum Gasteiger partial charge on any atom is 0.217 e. The van der Waals surface area contributed by atoms with Crippen molar-refractivity contribution in [1.82, 2.24) is 10.3 Å². The molecule has 1 fully saturated rings. The van der Waals surface area contributed by atoms with E-state index in [1.165, 1.54) is 17.7 Å². The fourth-order valence-corrected chi connectivity index (χ4v) is 5.32. The number of carbonyl (C=O) groups is 1. The molecule has 0 spiro atoms. The summed E-state index contributed by atoms with van der Waals surface area (Å²) in [7, 11) is 1.71. The SMILES string of the molecule is COc1ccc(C2CC(C3CCC[C@@](C)(NC(C)=O)C3)=NN2C(C)CCC(C)C)cc1. The molecule has 4 atom stereocenters. The molecule has 2 aliphatic rings. The molecule has 1 aromatic carbocycles. The third kappa shape index (κ3) is 6.02. The highest BCUT2D eigenvalue weighted by atomic mass is 16.5. The Labute approximate surface area is 188 Å². The van der Waals surface area contributed by atoms with Gasteiger partial charge in [-0.2, -0.15) is 5.10 Å². The van der Waals surface area contributed by atoms with Crippen molar-refractivity contribution in [3.8, 4) is 5.75 Å². The van der Waals surface area contributed by atoms with Crippen LogP contribution in [-0.4, -0.2) is 35.3 Å². The minimum Gasteiger partial charge on any atom is -0.497 e. The lowest BCUT2D eigenvalue weighted by Crippen LogP contribution is -2.49. The molecule has 5 heteroatoms. The van der Waals surface area contributed by atoms with Gasteiger partial charge in [0.1, 0.15) is 5.75 Å². The number of methoxy groups -OCH3 is 1. The molecule has 3 unspecified atom stereocenters. The van der Waals surface area contributed by atoms with Crippen molar-refractivity contribution < 1.29 is 9.53 Å². The van der Waals surface area contributed by atoms with E-state index in [2.05, 4.69) is 62.3 Å². The summed E-state index contributed by atoms with van der Waals surface area (Å²) in [5, 5.41) is 10.8. The number of nitrogens with one attached hydrogen (secondary N) is 1. The van der Waals surface area contributed by atoms with Crippen molar-refractivity contribution in [2.24, 2.45) is 16.9 Å². The summed E-state index contributed by atoms with van der Waals surface area (Å²) in [6.45, 7) is 10.7. The summed E-state index contributed by atoms with van der Waals surface area (Å²) < 4.78 is 5.37. The van der Waals surface area contributed by atoms with Crippen molar-refractivity contribution in [3.63, 3.8) is 0 Å². The summed E-state index contributed by atoms with van der Waals surface area (Å²) in [5.41, 5.74) is 2.49. The molecular formula is C26H41N3O2. The topological polar surface area (TPSA) is 53.9 Å². The van der Waals surface area contributed by atoms with Gasteiger partial charge in [0, 0.05) is 36.6 Å². The fraction of sp³-hybridized carbons (Fsp3) is 0.692. The number of ether oxygens (including phenoxy) is 1. The van der Waals surface area contributed by atoms with Gasteiger partial charge in [-0.3, -0.25) is 9.80 Å². The van der Waals surface area contributed by atoms with Crippen LogP contribution in [0.4, 0.5) is 0 Å². The number of amides is 1. The van der Waals surface area contributed by atoms with Gasteiger partial charge in [-0.15, -0.1) is 0 Å². The molecule has 1 amide bonds. The molecule has 1 N–H and O–H groups in total. The van der Waals surface area contributed by atoms with Crippen molar-refractivity contribution >= 4 is 11.6 Å². The average Bonchev–Trinajstić information content (AvgIpc) is 3.17. The third-order valence-corrected chi connectivity index (χ3v) is 7.01. The second kappa shape index (κ2) is 10.1. The average molecular weight is 428 g/mol. The van der Waals surface area contributed by atoms with Gasteiger partial charge in [-0.05, 0) is 69.6 Å². The van der Waals surface area contributed by atoms with E-state index in [1.54, 1.807) is 14.0 Å². The van der Waals surface area contributed by atoms with Crippen LogP contribution in [0, 0.1) is 11.8 Å². The first-order valence-corrected chi connectivity index (χ1v) is 12.0.